The van der Waals surface area contributed by atoms with Crippen LogP contribution < -0.4 is 5.32 Å². The molecule has 0 aliphatic heterocycles. The summed E-state index contributed by atoms with van der Waals surface area (Å²) in [5.74, 6) is -0.367. The number of methoxy groups -OCH3 is 1. The standard InChI is InChI=1S/C12H18N2O3S/c1-3-17-12(15)10-11(18-7-13-10)14-8-5-4-6-9(8)16-2/h7-9,14H,3-6H2,1-2H3. The largest absolute Gasteiger partial charge is 0.461 e. The molecule has 2 rings (SSSR count). The maximum absolute atomic E-state index is 11.7. The van der Waals surface area contributed by atoms with Crippen molar-refractivity contribution in [3.63, 3.8) is 0 Å². The van der Waals surface area contributed by atoms with Crippen LogP contribution in [0.3, 0.4) is 0 Å². The highest BCUT2D eigenvalue weighted by Gasteiger charge is 2.29. The Labute approximate surface area is 111 Å². The van der Waals surface area contributed by atoms with Crippen LogP contribution in [0, 0.1) is 0 Å². The van der Waals surface area contributed by atoms with Crippen LogP contribution in [0.5, 0.6) is 0 Å². The molecule has 0 saturated heterocycles. The molecule has 100 valence electrons. The van der Waals surface area contributed by atoms with Crippen LogP contribution in [0.25, 0.3) is 0 Å². The fourth-order valence-corrected chi connectivity index (χ4v) is 2.97. The van der Waals surface area contributed by atoms with Crippen molar-refractivity contribution >= 4 is 22.3 Å². The minimum Gasteiger partial charge on any atom is -0.461 e. The molecule has 2 atom stereocenters. The van der Waals surface area contributed by atoms with Crippen molar-refractivity contribution in [3.8, 4) is 0 Å². The number of hydrogen-bond donors (Lipinski definition) is 1. The van der Waals surface area contributed by atoms with Crippen LogP contribution in [0.15, 0.2) is 5.51 Å². The molecule has 1 aliphatic rings. The van der Waals surface area contributed by atoms with E-state index in [9.17, 15) is 4.79 Å². The molecule has 1 heterocycles. The summed E-state index contributed by atoms with van der Waals surface area (Å²) in [5.41, 5.74) is 2.04. The summed E-state index contributed by atoms with van der Waals surface area (Å²) in [6.07, 6.45) is 3.46. The Bertz CT molecular complexity index is 408. The molecule has 0 spiro atoms. The summed E-state index contributed by atoms with van der Waals surface area (Å²) in [7, 11) is 1.73. The first-order chi connectivity index (χ1) is 8.76. The minimum atomic E-state index is -0.367. The lowest BCUT2D eigenvalue weighted by atomic mass is 10.2. The summed E-state index contributed by atoms with van der Waals surface area (Å²) < 4.78 is 10.4. The van der Waals surface area contributed by atoms with E-state index < -0.39 is 0 Å². The Morgan fingerprint density at radius 1 is 1.61 bits per heavy atom. The molecule has 0 bridgehead atoms. The van der Waals surface area contributed by atoms with Crippen molar-refractivity contribution in [2.75, 3.05) is 19.0 Å². The number of thiazole rings is 1. The topological polar surface area (TPSA) is 60.5 Å². The summed E-state index contributed by atoms with van der Waals surface area (Å²) >= 11 is 1.42. The Balaban J connectivity index is 2.05. The monoisotopic (exact) mass is 270 g/mol. The van der Waals surface area contributed by atoms with Gasteiger partial charge in [0.2, 0.25) is 0 Å². The molecule has 2 unspecified atom stereocenters. The van der Waals surface area contributed by atoms with Gasteiger partial charge in [-0.05, 0) is 26.2 Å². The molecule has 1 fully saturated rings. The van der Waals surface area contributed by atoms with Crippen LogP contribution in [-0.2, 0) is 9.47 Å². The lowest BCUT2D eigenvalue weighted by Gasteiger charge is -2.19. The number of ether oxygens (including phenoxy) is 2. The van der Waals surface area contributed by atoms with Crippen molar-refractivity contribution < 1.29 is 14.3 Å². The molecule has 1 aliphatic carbocycles. The Morgan fingerprint density at radius 3 is 3.17 bits per heavy atom. The molecule has 1 aromatic rings. The predicted octanol–water partition coefficient (Wildman–Crippen LogP) is 2.30. The van der Waals surface area contributed by atoms with Gasteiger partial charge in [0.1, 0.15) is 5.00 Å². The van der Waals surface area contributed by atoms with Crippen molar-refractivity contribution in [1.29, 1.82) is 0 Å². The average Bonchev–Trinajstić information content (AvgIpc) is 2.98. The van der Waals surface area contributed by atoms with Crippen LogP contribution in [0.1, 0.15) is 36.7 Å². The molecule has 1 N–H and O–H groups in total. The summed E-state index contributed by atoms with van der Waals surface area (Å²) in [6, 6.07) is 0.253. The normalized spacial score (nSPS) is 23.0. The number of hydrogen-bond acceptors (Lipinski definition) is 6. The quantitative estimate of drug-likeness (QED) is 0.832. The van der Waals surface area contributed by atoms with E-state index >= 15 is 0 Å². The lowest BCUT2D eigenvalue weighted by Crippen LogP contribution is -2.30. The molecule has 5 nitrogen and oxygen atoms in total. The number of nitrogens with zero attached hydrogens (tertiary/aromatic N) is 1. The van der Waals surface area contributed by atoms with Gasteiger partial charge in [0.25, 0.3) is 0 Å². The van der Waals surface area contributed by atoms with Gasteiger partial charge >= 0.3 is 5.97 Å². The van der Waals surface area contributed by atoms with Crippen LogP contribution in [0.4, 0.5) is 5.00 Å². The Hall–Kier alpha value is -1.14. The zero-order valence-electron chi connectivity index (χ0n) is 10.6. The van der Waals surface area contributed by atoms with Crippen molar-refractivity contribution in [1.82, 2.24) is 4.98 Å². The van der Waals surface area contributed by atoms with Gasteiger partial charge in [0.15, 0.2) is 5.69 Å². The van der Waals surface area contributed by atoms with Crippen LogP contribution >= 0.6 is 11.3 Å². The maximum atomic E-state index is 11.7. The van der Waals surface area contributed by atoms with Gasteiger partial charge in [-0.25, -0.2) is 9.78 Å². The lowest BCUT2D eigenvalue weighted by molar-refractivity contribution is 0.0521. The third-order valence-electron chi connectivity index (χ3n) is 3.11. The predicted molar refractivity (Wildman–Crippen MR) is 70.1 cm³/mol. The molecule has 1 aromatic heterocycles. The number of carbonyl (C=O) groups excluding carboxylic acids is 1. The minimum absolute atomic E-state index is 0.210. The van der Waals surface area contributed by atoms with Crippen LogP contribution in [-0.4, -0.2) is 36.8 Å². The van der Waals surface area contributed by atoms with E-state index in [1.54, 1.807) is 19.5 Å². The number of nitrogens with one attached hydrogen (secondary N) is 1. The number of carbonyl (C=O) groups is 1. The van der Waals surface area contributed by atoms with E-state index in [2.05, 4.69) is 10.3 Å². The highest BCUT2D eigenvalue weighted by atomic mass is 32.1. The maximum Gasteiger partial charge on any atom is 0.360 e. The molecular formula is C12H18N2O3S. The molecule has 1 saturated carbocycles. The van der Waals surface area contributed by atoms with Gasteiger partial charge < -0.3 is 14.8 Å². The van der Waals surface area contributed by atoms with Gasteiger partial charge in [-0.1, -0.05) is 0 Å². The highest BCUT2D eigenvalue weighted by Crippen LogP contribution is 2.29. The highest BCUT2D eigenvalue weighted by molar-refractivity contribution is 7.14. The average molecular weight is 270 g/mol. The molecule has 18 heavy (non-hydrogen) atoms. The fourth-order valence-electron chi connectivity index (χ4n) is 2.24. The Kier molecular flexibility index (Phi) is 4.54. The second-order valence-corrected chi connectivity index (χ2v) is 5.06. The first-order valence-corrected chi connectivity index (χ1v) is 7.04. The first kappa shape index (κ1) is 13.3. The number of anilines is 1. The third-order valence-corrected chi connectivity index (χ3v) is 3.87. The number of rotatable bonds is 5. The summed E-state index contributed by atoms with van der Waals surface area (Å²) in [4.78, 5) is 15.8. The molecule has 0 radical (unpaired) electrons. The van der Waals surface area contributed by atoms with E-state index in [1.165, 1.54) is 11.3 Å². The Morgan fingerprint density at radius 2 is 2.44 bits per heavy atom. The van der Waals surface area contributed by atoms with Crippen molar-refractivity contribution in [2.24, 2.45) is 0 Å². The van der Waals surface area contributed by atoms with E-state index in [0.29, 0.717) is 12.3 Å². The molecule has 6 heteroatoms. The first-order valence-electron chi connectivity index (χ1n) is 6.16. The van der Waals surface area contributed by atoms with E-state index in [-0.39, 0.29) is 18.1 Å². The van der Waals surface area contributed by atoms with E-state index in [0.717, 1.165) is 24.3 Å². The van der Waals surface area contributed by atoms with E-state index in [4.69, 9.17) is 9.47 Å². The second-order valence-electron chi connectivity index (χ2n) is 4.21. The fraction of sp³-hybridized carbons (Fsp3) is 0.667. The smallest absolute Gasteiger partial charge is 0.360 e. The van der Waals surface area contributed by atoms with Gasteiger partial charge in [0.05, 0.1) is 24.3 Å². The van der Waals surface area contributed by atoms with Crippen molar-refractivity contribution in [3.05, 3.63) is 11.2 Å². The third kappa shape index (κ3) is 2.81. The van der Waals surface area contributed by atoms with Gasteiger partial charge in [-0.15, -0.1) is 11.3 Å². The zero-order chi connectivity index (χ0) is 13.0. The van der Waals surface area contributed by atoms with Crippen molar-refractivity contribution in [2.45, 2.75) is 38.3 Å². The van der Waals surface area contributed by atoms with Crippen LogP contribution in [0.2, 0.25) is 0 Å². The molecule has 0 amide bonds. The summed E-state index contributed by atoms with van der Waals surface area (Å²) in [6.45, 7) is 2.15. The SMILES string of the molecule is CCOC(=O)c1ncsc1NC1CCCC1OC. The van der Waals surface area contributed by atoms with Gasteiger partial charge in [-0.3, -0.25) is 0 Å². The second kappa shape index (κ2) is 6.15. The zero-order valence-corrected chi connectivity index (χ0v) is 11.5. The number of aromatic nitrogens is 1. The van der Waals surface area contributed by atoms with E-state index in [1.807, 2.05) is 0 Å². The number of esters is 1. The molecule has 0 aromatic carbocycles. The van der Waals surface area contributed by atoms with Gasteiger partial charge in [-0.2, -0.15) is 0 Å². The molecular weight excluding hydrogens is 252 g/mol. The summed E-state index contributed by atoms with van der Waals surface area (Å²) in [5, 5.41) is 4.14. The van der Waals surface area contributed by atoms with Gasteiger partial charge in [0, 0.05) is 7.11 Å².